The summed E-state index contributed by atoms with van der Waals surface area (Å²) in [6.45, 7) is 3.22. The second-order valence-electron chi connectivity index (χ2n) is 4.50. The predicted octanol–water partition coefficient (Wildman–Crippen LogP) is 0.503. The number of hydrogen-bond donors (Lipinski definition) is 2. The van der Waals surface area contributed by atoms with Crippen molar-refractivity contribution in [1.29, 1.82) is 0 Å². The molecule has 0 fully saturated rings. The highest BCUT2D eigenvalue weighted by atomic mass is 32.2. The minimum atomic E-state index is -3.10. The number of carbonyl (C=O) groups is 1. The summed E-state index contributed by atoms with van der Waals surface area (Å²) in [5.41, 5.74) is 1.83. The molecule has 1 amide bonds. The monoisotopic (exact) mass is 309 g/mol. The number of sulfone groups is 1. The number of nitrogens with one attached hydrogen (secondary N) is 1. The highest BCUT2D eigenvalue weighted by Crippen LogP contribution is 2.10. The summed E-state index contributed by atoms with van der Waals surface area (Å²) in [5.74, 6) is 4.83. The fourth-order valence-corrected chi connectivity index (χ4v) is 2.36. The lowest BCUT2D eigenvalue weighted by atomic mass is 10.0. The molecule has 0 aliphatic carbocycles. The number of carbonyl (C=O) groups excluding carboxylic acids is 1. The van der Waals surface area contributed by atoms with E-state index in [1.165, 1.54) is 0 Å². The van der Waals surface area contributed by atoms with E-state index in [9.17, 15) is 13.2 Å². The third-order valence-corrected chi connectivity index (χ3v) is 4.57. The highest BCUT2D eigenvalue weighted by molar-refractivity contribution is 7.91. The largest absolute Gasteiger partial charge is 0.384 e. The molecule has 2 N–H and O–H groups in total. The van der Waals surface area contributed by atoms with Gasteiger partial charge in [0.15, 0.2) is 9.84 Å². The van der Waals surface area contributed by atoms with Crippen LogP contribution in [-0.4, -0.2) is 44.1 Å². The second kappa shape index (κ2) is 7.81. The van der Waals surface area contributed by atoms with Crippen molar-refractivity contribution in [3.8, 4) is 11.8 Å². The first-order valence-electron chi connectivity index (χ1n) is 6.58. The lowest BCUT2D eigenvalue weighted by molar-refractivity contribution is 0.0956. The lowest BCUT2D eigenvalue weighted by Crippen LogP contribution is -2.30. The molecule has 1 aromatic carbocycles. The summed E-state index contributed by atoms with van der Waals surface area (Å²) < 4.78 is 22.7. The van der Waals surface area contributed by atoms with Crippen molar-refractivity contribution in [2.45, 2.75) is 13.8 Å². The van der Waals surface area contributed by atoms with Crippen molar-refractivity contribution in [2.24, 2.45) is 0 Å². The summed E-state index contributed by atoms with van der Waals surface area (Å²) in [6, 6.07) is 5.17. The van der Waals surface area contributed by atoms with Gasteiger partial charge in [-0.05, 0) is 24.6 Å². The zero-order valence-electron chi connectivity index (χ0n) is 12.1. The number of aryl methyl sites for hydroxylation is 1. The number of amides is 1. The smallest absolute Gasteiger partial charge is 0.252 e. The van der Waals surface area contributed by atoms with Gasteiger partial charge < -0.3 is 10.4 Å². The van der Waals surface area contributed by atoms with Crippen LogP contribution >= 0.6 is 0 Å². The number of aliphatic hydroxyl groups is 1. The van der Waals surface area contributed by atoms with Gasteiger partial charge in [-0.3, -0.25) is 4.79 Å². The SMILES string of the molecule is CCS(=O)(=O)CCNC(=O)c1ccc(C)cc1C#CCO. The van der Waals surface area contributed by atoms with E-state index in [2.05, 4.69) is 17.2 Å². The molecule has 1 aromatic rings. The fourth-order valence-electron chi connectivity index (χ4n) is 1.65. The normalized spacial score (nSPS) is 10.6. The zero-order valence-corrected chi connectivity index (χ0v) is 13.0. The van der Waals surface area contributed by atoms with Crippen LogP contribution in [0.2, 0.25) is 0 Å². The van der Waals surface area contributed by atoms with Gasteiger partial charge in [-0.15, -0.1) is 0 Å². The molecule has 0 atom stereocenters. The molecule has 0 aliphatic rings. The van der Waals surface area contributed by atoms with Crippen molar-refractivity contribution in [2.75, 3.05) is 24.7 Å². The Hall–Kier alpha value is -1.84. The molecular weight excluding hydrogens is 290 g/mol. The van der Waals surface area contributed by atoms with Crippen LogP contribution in [-0.2, 0) is 9.84 Å². The average molecular weight is 309 g/mol. The van der Waals surface area contributed by atoms with Gasteiger partial charge in [0.05, 0.1) is 11.3 Å². The Bertz CT molecular complexity index is 669. The number of aliphatic hydroxyl groups excluding tert-OH is 1. The topological polar surface area (TPSA) is 83.5 Å². The summed E-state index contributed by atoms with van der Waals surface area (Å²) in [6.07, 6.45) is 0. The van der Waals surface area contributed by atoms with E-state index in [-0.39, 0.29) is 30.6 Å². The predicted molar refractivity (Wildman–Crippen MR) is 81.8 cm³/mol. The lowest BCUT2D eigenvalue weighted by Gasteiger charge is -2.08. The maximum Gasteiger partial charge on any atom is 0.252 e. The standard InChI is InChI=1S/C15H19NO4S/c1-3-21(19,20)10-8-16-15(18)14-7-6-12(2)11-13(14)5-4-9-17/h6-7,11,17H,3,8-10H2,1-2H3,(H,16,18). The highest BCUT2D eigenvalue weighted by Gasteiger charge is 2.12. The molecule has 0 aromatic heterocycles. The van der Waals surface area contributed by atoms with Gasteiger partial charge >= 0.3 is 0 Å². The number of rotatable bonds is 5. The van der Waals surface area contributed by atoms with Crippen molar-refractivity contribution < 1.29 is 18.3 Å². The quantitative estimate of drug-likeness (QED) is 0.776. The molecule has 0 saturated carbocycles. The van der Waals surface area contributed by atoms with Crippen LogP contribution in [0.25, 0.3) is 0 Å². The maximum atomic E-state index is 12.1. The van der Waals surface area contributed by atoms with Crippen LogP contribution in [0.5, 0.6) is 0 Å². The Morgan fingerprint density at radius 1 is 1.38 bits per heavy atom. The van der Waals surface area contributed by atoms with E-state index in [0.29, 0.717) is 11.1 Å². The van der Waals surface area contributed by atoms with Crippen molar-refractivity contribution in [3.63, 3.8) is 0 Å². The Labute approximate surface area is 125 Å². The maximum absolute atomic E-state index is 12.1. The first kappa shape index (κ1) is 17.2. The van der Waals surface area contributed by atoms with Gasteiger partial charge in [-0.1, -0.05) is 24.8 Å². The molecule has 1 rings (SSSR count). The molecule has 0 spiro atoms. The Morgan fingerprint density at radius 2 is 2.10 bits per heavy atom. The number of benzene rings is 1. The molecule has 114 valence electrons. The Balaban J connectivity index is 2.83. The van der Waals surface area contributed by atoms with Crippen LogP contribution < -0.4 is 5.32 Å². The fraction of sp³-hybridized carbons (Fsp3) is 0.400. The summed E-state index contributed by atoms with van der Waals surface area (Å²) in [4.78, 5) is 12.1. The van der Waals surface area contributed by atoms with Crippen molar-refractivity contribution in [1.82, 2.24) is 5.32 Å². The van der Waals surface area contributed by atoms with Gasteiger partial charge in [0.1, 0.15) is 6.61 Å². The summed E-state index contributed by atoms with van der Waals surface area (Å²) in [7, 11) is -3.10. The third-order valence-electron chi connectivity index (χ3n) is 2.86. The molecule has 0 unspecified atom stereocenters. The Kier molecular flexibility index (Phi) is 6.40. The van der Waals surface area contributed by atoms with Crippen LogP contribution in [0.3, 0.4) is 0 Å². The van der Waals surface area contributed by atoms with Crippen LogP contribution in [0.15, 0.2) is 18.2 Å². The summed E-state index contributed by atoms with van der Waals surface area (Å²) in [5, 5.41) is 11.3. The third kappa shape index (κ3) is 5.58. The minimum absolute atomic E-state index is 0.0562. The van der Waals surface area contributed by atoms with E-state index in [0.717, 1.165) is 5.56 Å². The van der Waals surface area contributed by atoms with E-state index >= 15 is 0 Å². The van der Waals surface area contributed by atoms with Crippen molar-refractivity contribution >= 4 is 15.7 Å². The van der Waals surface area contributed by atoms with Crippen LogP contribution in [0, 0.1) is 18.8 Å². The first-order valence-corrected chi connectivity index (χ1v) is 8.40. The molecule has 0 heterocycles. The van der Waals surface area contributed by atoms with Gasteiger partial charge in [0.25, 0.3) is 5.91 Å². The second-order valence-corrected chi connectivity index (χ2v) is 6.97. The Morgan fingerprint density at radius 3 is 2.71 bits per heavy atom. The summed E-state index contributed by atoms with van der Waals surface area (Å²) >= 11 is 0. The van der Waals surface area contributed by atoms with E-state index < -0.39 is 9.84 Å². The van der Waals surface area contributed by atoms with E-state index in [1.54, 1.807) is 25.1 Å². The average Bonchev–Trinajstić information content (AvgIpc) is 2.44. The van der Waals surface area contributed by atoms with Gasteiger partial charge in [-0.2, -0.15) is 0 Å². The molecule has 5 nitrogen and oxygen atoms in total. The molecule has 0 saturated heterocycles. The molecular formula is C15H19NO4S. The van der Waals surface area contributed by atoms with Gasteiger partial charge in [-0.25, -0.2) is 8.42 Å². The van der Waals surface area contributed by atoms with Gasteiger partial charge in [0, 0.05) is 17.9 Å². The molecule has 0 radical (unpaired) electrons. The zero-order chi connectivity index (χ0) is 15.9. The van der Waals surface area contributed by atoms with Crippen LogP contribution in [0.1, 0.15) is 28.4 Å². The van der Waals surface area contributed by atoms with Gasteiger partial charge in [0.2, 0.25) is 0 Å². The van der Waals surface area contributed by atoms with E-state index in [4.69, 9.17) is 5.11 Å². The minimum Gasteiger partial charge on any atom is -0.384 e. The van der Waals surface area contributed by atoms with Crippen LogP contribution in [0.4, 0.5) is 0 Å². The molecule has 6 heteroatoms. The molecule has 21 heavy (non-hydrogen) atoms. The number of hydrogen-bond acceptors (Lipinski definition) is 4. The van der Waals surface area contributed by atoms with Crippen molar-refractivity contribution in [3.05, 3.63) is 34.9 Å². The molecule has 0 aliphatic heterocycles. The molecule has 0 bridgehead atoms. The first-order chi connectivity index (χ1) is 9.89. The van der Waals surface area contributed by atoms with E-state index in [1.807, 2.05) is 6.92 Å².